The molecule has 0 atom stereocenters. The average Bonchev–Trinajstić information content (AvgIpc) is 2.98. The molecule has 1 amide bonds. The number of aromatic nitrogens is 1. The van der Waals surface area contributed by atoms with Gasteiger partial charge in [0.15, 0.2) is 18.1 Å². The van der Waals surface area contributed by atoms with Crippen LogP contribution in [0.3, 0.4) is 0 Å². The van der Waals surface area contributed by atoms with Gasteiger partial charge in [0.05, 0.1) is 6.61 Å². The van der Waals surface area contributed by atoms with E-state index in [-0.39, 0.29) is 12.5 Å². The van der Waals surface area contributed by atoms with Crippen molar-refractivity contribution in [3.05, 3.63) is 48.3 Å². The van der Waals surface area contributed by atoms with Gasteiger partial charge >= 0.3 is 0 Å². The fraction of sp³-hybridized carbons (Fsp3) is 0.267. The lowest BCUT2D eigenvalue weighted by Gasteiger charge is -2.11. The Morgan fingerprint density at radius 1 is 1.20 bits per heavy atom. The lowest BCUT2D eigenvalue weighted by molar-refractivity contribution is -0.123. The first kappa shape index (κ1) is 14.0. The third kappa shape index (κ3) is 4.05. The number of nitrogens with one attached hydrogen (secondary N) is 2. The minimum atomic E-state index is -0.169. The molecule has 0 saturated heterocycles. The number of hydrogen-bond donors (Lipinski definition) is 2. The van der Waals surface area contributed by atoms with Crippen LogP contribution >= 0.6 is 0 Å². The highest BCUT2D eigenvalue weighted by molar-refractivity contribution is 5.77. The molecule has 1 aromatic carbocycles. The van der Waals surface area contributed by atoms with Crippen LogP contribution in [0.1, 0.15) is 12.5 Å². The van der Waals surface area contributed by atoms with Gasteiger partial charge in [-0.15, -0.1) is 0 Å². The zero-order valence-corrected chi connectivity index (χ0v) is 11.4. The standard InChI is InChI=1S/C15H18N2O3/c1-2-19-13-5-3-4-6-14(13)20-11-15(18)17-10-12-7-8-16-9-12/h3-9,16H,2,10-11H2,1H3,(H,17,18). The van der Waals surface area contributed by atoms with Gasteiger partial charge in [-0.25, -0.2) is 0 Å². The fourth-order valence-electron chi connectivity index (χ4n) is 1.71. The maximum absolute atomic E-state index is 11.7. The predicted octanol–water partition coefficient (Wildman–Crippen LogP) is 2.11. The van der Waals surface area contributed by atoms with E-state index in [1.807, 2.05) is 43.6 Å². The zero-order chi connectivity index (χ0) is 14.2. The van der Waals surface area contributed by atoms with Crippen LogP contribution < -0.4 is 14.8 Å². The minimum Gasteiger partial charge on any atom is -0.490 e. The highest BCUT2D eigenvalue weighted by atomic mass is 16.5. The molecule has 1 heterocycles. The number of aromatic amines is 1. The van der Waals surface area contributed by atoms with Gasteiger partial charge in [0.25, 0.3) is 5.91 Å². The molecule has 0 bridgehead atoms. The molecule has 0 aliphatic heterocycles. The van der Waals surface area contributed by atoms with Crippen molar-refractivity contribution < 1.29 is 14.3 Å². The summed E-state index contributed by atoms with van der Waals surface area (Å²) in [6, 6.07) is 9.21. The van der Waals surface area contributed by atoms with Crippen molar-refractivity contribution in [2.24, 2.45) is 0 Å². The van der Waals surface area contributed by atoms with E-state index < -0.39 is 0 Å². The van der Waals surface area contributed by atoms with Crippen molar-refractivity contribution in [3.8, 4) is 11.5 Å². The van der Waals surface area contributed by atoms with Crippen LogP contribution in [0.5, 0.6) is 11.5 Å². The molecule has 1 aromatic heterocycles. The predicted molar refractivity (Wildman–Crippen MR) is 75.7 cm³/mol. The Hall–Kier alpha value is -2.43. The number of ether oxygens (including phenoxy) is 2. The summed E-state index contributed by atoms with van der Waals surface area (Å²) in [5.74, 6) is 1.05. The van der Waals surface area contributed by atoms with E-state index in [2.05, 4.69) is 10.3 Å². The molecule has 0 saturated carbocycles. The molecule has 2 N–H and O–H groups in total. The number of rotatable bonds is 7. The summed E-state index contributed by atoms with van der Waals surface area (Å²) in [5, 5.41) is 2.78. The van der Waals surface area contributed by atoms with Gasteiger partial charge in [-0.1, -0.05) is 12.1 Å². The smallest absolute Gasteiger partial charge is 0.258 e. The molecule has 2 aromatic rings. The van der Waals surface area contributed by atoms with Crippen LogP contribution in [0, 0.1) is 0 Å². The molecular weight excluding hydrogens is 256 g/mol. The molecule has 20 heavy (non-hydrogen) atoms. The molecule has 0 aliphatic rings. The summed E-state index contributed by atoms with van der Waals surface area (Å²) in [6.45, 7) is 2.91. The van der Waals surface area contributed by atoms with Crippen LogP contribution in [-0.4, -0.2) is 24.1 Å². The fourth-order valence-corrected chi connectivity index (χ4v) is 1.71. The quantitative estimate of drug-likeness (QED) is 0.812. The lowest BCUT2D eigenvalue weighted by atomic mass is 10.3. The first-order chi connectivity index (χ1) is 9.79. The van der Waals surface area contributed by atoms with E-state index in [1.165, 1.54) is 0 Å². The van der Waals surface area contributed by atoms with Gasteiger partial charge in [0.1, 0.15) is 0 Å². The van der Waals surface area contributed by atoms with Gasteiger partial charge in [-0.2, -0.15) is 0 Å². The Labute approximate surface area is 117 Å². The molecule has 0 radical (unpaired) electrons. The van der Waals surface area contributed by atoms with Gasteiger partial charge in [0.2, 0.25) is 0 Å². The number of carbonyl (C=O) groups is 1. The van der Waals surface area contributed by atoms with E-state index >= 15 is 0 Å². The van der Waals surface area contributed by atoms with Crippen LogP contribution in [0.4, 0.5) is 0 Å². The van der Waals surface area contributed by atoms with Gasteiger partial charge in [-0.05, 0) is 30.7 Å². The van der Waals surface area contributed by atoms with Crippen molar-refractivity contribution in [2.45, 2.75) is 13.5 Å². The summed E-state index contributed by atoms with van der Waals surface area (Å²) < 4.78 is 10.9. The van der Waals surface area contributed by atoms with Crippen molar-refractivity contribution >= 4 is 5.91 Å². The van der Waals surface area contributed by atoms with E-state index in [9.17, 15) is 4.79 Å². The molecule has 5 heteroatoms. The summed E-state index contributed by atoms with van der Waals surface area (Å²) in [6.07, 6.45) is 3.65. The lowest BCUT2D eigenvalue weighted by Crippen LogP contribution is -2.28. The molecule has 0 unspecified atom stereocenters. The topological polar surface area (TPSA) is 63.4 Å². The van der Waals surface area contributed by atoms with Crippen molar-refractivity contribution in [3.63, 3.8) is 0 Å². The summed E-state index contributed by atoms with van der Waals surface area (Å²) in [7, 11) is 0. The number of amides is 1. The molecule has 106 valence electrons. The molecule has 0 aliphatic carbocycles. The van der Waals surface area contributed by atoms with E-state index in [0.29, 0.717) is 24.7 Å². The SMILES string of the molecule is CCOc1ccccc1OCC(=O)NCc1cc[nH]c1. The summed E-state index contributed by atoms with van der Waals surface area (Å²) in [4.78, 5) is 14.6. The Balaban J connectivity index is 1.81. The Morgan fingerprint density at radius 2 is 1.95 bits per heavy atom. The van der Waals surface area contributed by atoms with Crippen LogP contribution in [0.2, 0.25) is 0 Å². The first-order valence-corrected chi connectivity index (χ1v) is 6.52. The zero-order valence-electron chi connectivity index (χ0n) is 11.4. The molecular formula is C15H18N2O3. The third-order valence-electron chi connectivity index (χ3n) is 2.66. The molecule has 0 fully saturated rings. The van der Waals surface area contributed by atoms with Gasteiger partial charge < -0.3 is 19.8 Å². The monoisotopic (exact) mass is 274 g/mol. The number of H-pyrrole nitrogens is 1. The number of benzene rings is 1. The van der Waals surface area contributed by atoms with E-state index in [0.717, 1.165) is 5.56 Å². The van der Waals surface area contributed by atoms with Crippen molar-refractivity contribution in [1.82, 2.24) is 10.3 Å². The van der Waals surface area contributed by atoms with Crippen LogP contribution in [0.25, 0.3) is 0 Å². The summed E-state index contributed by atoms with van der Waals surface area (Å²) in [5.41, 5.74) is 1.02. The second-order valence-electron chi connectivity index (χ2n) is 4.16. The highest BCUT2D eigenvalue weighted by Crippen LogP contribution is 2.26. The minimum absolute atomic E-state index is 0.0332. The maximum Gasteiger partial charge on any atom is 0.258 e. The summed E-state index contributed by atoms with van der Waals surface area (Å²) >= 11 is 0. The maximum atomic E-state index is 11.7. The normalized spacial score (nSPS) is 10.1. The largest absolute Gasteiger partial charge is 0.490 e. The number of para-hydroxylation sites is 2. The second kappa shape index (κ2) is 7.23. The van der Waals surface area contributed by atoms with Gasteiger partial charge in [0, 0.05) is 18.9 Å². The average molecular weight is 274 g/mol. The number of carbonyl (C=O) groups excluding carboxylic acids is 1. The molecule has 0 spiro atoms. The molecule has 5 nitrogen and oxygen atoms in total. The van der Waals surface area contributed by atoms with Crippen molar-refractivity contribution in [1.29, 1.82) is 0 Å². The van der Waals surface area contributed by atoms with E-state index in [4.69, 9.17) is 9.47 Å². The van der Waals surface area contributed by atoms with Crippen LogP contribution in [0.15, 0.2) is 42.7 Å². The Bertz CT molecular complexity index is 538. The van der Waals surface area contributed by atoms with Crippen LogP contribution in [-0.2, 0) is 11.3 Å². The second-order valence-corrected chi connectivity index (χ2v) is 4.16. The first-order valence-electron chi connectivity index (χ1n) is 6.52. The van der Waals surface area contributed by atoms with Crippen molar-refractivity contribution in [2.75, 3.05) is 13.2 Å². The Kier molecular flexibility index (Phi) is 5.06. The van der Waals surface area contributed by atoms with Gasteiger partial charge in [-0.3, -0.25) is 4.79 Å². The highest BCUT2D eigenvalue weighted by Gasteiger charge is 2.07. The van der Waals surface area contributed by atoms with E-state index in [1.54, 1.807) is 6.07 Å². The number of hydrogen-bond acceptors (Lipinski definition) is 3. The molecule has 2 rings (SSSR count). The Morgan fingerprint density at radius 3 is 2.60 bits per heavy atom. The third-order valence-corrected chi connectivity index (χ3v) is 2.66.